The van der Waals surface area contributed by atoms with Gasteiger partial charge in [0.1, 0.15) is 6.04 Å². The first kappa shape index (κ1) is 7.76. The molecule has 0 aromatic rings. The average molecular weight is 128 g/mol. The zero-order valence-electron chi connectivity index (χ0n) is 5.09. The van der Waals surface area contributed by atoms with Gasteiger partial charge in [0.15, 0.2) is 0 Å². The van der Waals surface area contributed by atoms with E-state index in [4.69, 9.17) is 10.4 Å². The number of amides is 1. The monoisotopic (exact) mass is 128 g/mol. The molecule has 0 aromatic heterocycles. The summed E-state index contributed by atoms with van der Waals surface area (Å²) >= 11 is 0. The molecule has 1 atom stereocenters. The molecular formula is C5H8N2O2. The zero-order valence-corrected chi connectivity index (χ0v) is 5.09. The molecule has 0 saturated carbocycles. The lowest BCUT2D eigenvalue weighted by molar-refractivity contribution is 0.192. The smallest absolute Gasteiger partial charge is 0.405 e. The molecule has 0 aliphatic heterocycles. The molecular weight excluding hydrogens is 120 g/mol. The van der Waals surface area contributed by atoms with E-state index < -0.39 is 12.1 Å². The summed E-state index contributed by atoms with van der Waals surface area (Å²) < 4.78 is 0. The third kappa shape index (κ3) is 3.35. The van der Waals surface area contributed by atoms with E-state index in [-0.39, 0.29) is 0 Å². The highest BCUT2D eigenvalue weighted by atomic mass is 16.4. The molecule has 50 valence electrons. The molecule has 0 spiro atoms. The van der Waals surface area contributed by atoms with Crippen molar-refractivity contribution < 1.29 is 9.90 Å². The molecule has 1 amide bonds. The Morgan fingerprint density at radius 3 is 2.67 bits per heavy atom. The SMILES string of the molecule is CCC(C#N)NC(=O)O. The minimum atomic E-state index is -1.15. The van der Waals surface area contributed by atoms with Gasteiger partial charge in [-0.15, -0.1) is 0 Å². The standard InChI is InChI=1S/C5H8N2O2/c1-2-4(3-6)7-5(8)9/h4,7H,2H2,1H3,(H,8,9). The van der Waals surface area contributed by atoms with Gasteiger partial charge in [-0.05, 0) is 6.42 Å². The van der Waals surface area contributed by atoms with E-state index in [9.17, 15) is 4.79 Å². The van der Waals surface area contributed by atoms with Crippen LogP contribution in [0.3, 0.4) is 0 Å². The van der Waals surface area contributed by atoms with Crippen molar-refractivity contribution in [1.29, 1.82) is 5.26 Å². The minimum Gasteiger partial charge on any atom is -0.465 e. The van der Waals surface area contributed by atoms with Crippen LogP contribution in [0.1, 0.15) is 13.3 Å². The van der Waals surface area contributed by atoms with Crippen molar-refractivity contribution in [2.24, 2.45) is 0 Å². The van der Waals surface area contributed by atoms with Crippen molar-refractivity contribution in [3.63, 3.8) is 0 Å². The molecule has 2 N–H and O–H groups in total. The molecule has 4 heteroatoms. The molecule has 0 fully saturated rings. The number of hydrogen-bond acceptors (Lipinski definition) is 2. The van der Waals surface area contributed by atoms with Gasteiger partial charge in [-0.25, -0.2) is 4.79 Å². The summed E-state index contributed by atoms with van der Waals surface area (Å²) in [7, 11) is 0. The van der Waals surface area contributed by atoms with Crippen LogP contribution in [0.2, 0.25) is 0 Å². The number of carboxylic acid groups (broad SMARTS) is 1. The fraction of sp³-hybridized carbons (Fsp3) is 0.600. The van der Waals surface area contributed by atoms with E-state index in [1.807, 2.05) is 5.32 Å². The van der Waals surface area contributed by atoms with Crippen LogP contribution < -0.4 is 5.32 Å². The Balaban J connectivity index is 3.60. The third-order valence-corrected chi connectivity index (χ3v) is 0.862. The fourth-order valence-corrected chi connectivity index (χ4v) is 0.375. The minimum absolute atomic E-state index is 0.503. The van der Waals surface area contributed by atoms with Gasteiger partial charge >= 0.3 is 6.09 Å². The van der Waals surface area contributed by atoms with Gasteiger partial charge in [-0.2, -0.15) is 5.26 Å². The van der Waals surface area contributed by atoms with Crippen molar-refractivity contribution in [2.45, 2.75) is 19.4 Å². The first-order chi connectivity index (χ1) is 4.20. The second-order valence-electron chi connectivity index (χ2n) is 1.54. The van der Waals surface area contributed by atoms with Gasteiger partial charge in [0.2, 0.25) is 0 Å². The largest absolute Gasteiger partial charge is 0.465 e. The predicted molar refractivity (Wildman–Crippen MR) is 30.9 cm³/mol. The van der Waals surface area contributed by atoms with Crippen LogP contribution in [-0.2, 0) is 0 Å². The molecule has 9 heavy (non-hydrogen) atoms. The van der Waals surface area contributed by atoms with Crippen molar-refractivity contribution in [3.05, 3.63) is 0 Å². The Bertz CT molecular complexity index is 138. The van der Waals surface area contributed by atoms with Gasteiger partial charge < -0.3 is 10.4 Å². The predicted octanol–water partition coefficient (Wildman–Crippen LogP) is 0.556. The molecule has 1 unspecified atom stereocenters. The average Bonchev–Trinajstić information content (AvgIpc) is 1.82. The maximum Gasteiger partial charge on any atom is 0.405 e. The van der Waals surface area contributed by atoms with Crippen molar-refractivity contribution in [2.75, 3.05) is 0 Å². The summed E-state index contributed by atoms with van der Waals surface area (Å²) in [6, 6.07) is 1.22. The van der Waals surface area contributed by atoms with Crippen LogP contribution in [-0.4, -0.2) is 17.2 Å². The second kappa shape index (κ2) is 3.72. The molecule has 0 rings (SSSR count). The third-order valence-electron chi connectivity index (χ3n) is 0.862. The first-order valence-electron chi connectivity index (χ1n) is 2.59. The van der Waals surface area contributed by atoms with Gasteiger partial charge in [0.25, 0.3) is 0 Å². The number of hydrogen-bond donors (Lipinski definition) is 2. The molecule has 0 radical (unpaired) electrons. The maximum atomic E-state index is 9.87. The summed E-state index contributed by atoms with van der Waals surface area (Å²) in [5, 5.41) is 18.3. The number of nitrogens with one attached hydrogen (secondary N) is 1. The van der Waals surface area contributed by atoms with Crippen LogP contribution in [0.25, 0.3) is 0 Å². The summed E-state index contributed by atoms with van der Waals surface area (Å²) in [5.41, 5.74) is 0. The van der Waals surface area contributed by atoms with Crippen molar-refractivity contribution >= 4 is 6.09 Å². The van der Waals surface area contributed by atoms with E-state index in [0.717, 1.165) is 0 Å². The zero-order chi connectivity index (χ0) is 7.28. The Morgan fingerprint density at radius 2 is 2.56 bits per heavy atom. The van der Waals surface area contributed by atoms with Gasteiger partial charge in [0.05, 0.1) is 6.07 Å². The first-order valence-corrected chi connectivity index (χ1v) is 2.59. The lowest BCUT2D eigenvalue weighted by Gasteiger charge is -2.02. The summed E-state index contributed by atoms with van der Waals surface area (Å²) in [4.78, 5) is 9.87. The van der Waals surface area contributed by atoms with Crippen LogP contribution in [0.15, 0.2) is 0 Å². The molecule has 0 saturated heterocycles. The highest BCUT2D eigenvalue weighted by molar-refractivity contribution is 5.65. The second-order valence-corrected chi connectivity index (χ2v) is 1.54. The fourth-order valence-electron chi connectivity index (χ4n) is 0.375. The summed E-state index contributed by atoms with van der Waals surface area (Å²) in [5.74, 6) is 0. The van der Waals surface area contributed by atoms with Crippen LogP contribution in [0, 0.1) is 11.3 Å². The quantitative estimate of drug-likeness (QED) is 0.570. The lowest BCUT2D eigenvalue weighted by atomic mass is 10.3. The normalized spacial score (nSPS) is 11.6. The van der Waals surface area contributed by atoms with Crippen molar-refractivity contribution in [3.8, 4) is 6.07 Å². The van der Waals surface area contributed by atoms with Crippen LogP contribution >= 0.6 is 0 Å². The number of carbonyl (C=O) groups is 1. The highest BCUT2D eigenvalue weighted by Crippen LogP contribution is 1.85. The lowest BCUT2D eigenvalue weighted by Crippen LogP contribution is -2.31. The van der Waals surface area contributed by atoms with E-state index in [2.05, 4.69) is 0 Å². The van der Waals surface area contributed by atoms with Gasteiger partial charge in [0, 0.05) is 0 Å². The number of nitriles is 1. The van der Waals surface area contributed by atoms with Crippen molar-refractivity contribution in [1.82, 2.24) is 5.32 Å². The van der Waals surface area contributed by atoms with E-state index in [0.29, 0.717) is 6.42 Å². The molecule has 0 aliphatic rings. The Hall–Kier alpha value is -1.24. The molecule has 0 aromatic carbocycles. The summed E-state index contributed by atoms with van der Waals surface area (Å²) in [6.07, 6.45) is -0.647. The van der Waals surface area contributed by atoms with Gasteiger partial charge in [-0.1, -0.05) is 6.92 Å². The molecule has 4 nitrogen and oxygen atoms in total. The van der Waals surface area contributed by atoms with Crippen LogP contribution in [0.5, 0.6) is 0 Å². The van der Waals surface area contributed by atoms with E-state index in [1.165, 1.54) is 0 Å². The Morgan fingerprint density at radius 1 is 2.00 bits per heavy atom. The highest BCUT2D eigenvalue weighted by Gasteiger charge is 2.04. The van der Waals surface area contributed by atoms with Gasteiger partial charge in [-0.3, -0.25) is 0 Å². The summed E-state index contributed by atoms with van der Waals surface area (Å²) in [6.45, 7) is 1.74. The van der Waals surface area contributed by atoms with E-state index >= 15 is 0 Å². The molecule has 0 heterocycles. The maximum absolute atomic E-state index is 9.87. The molecule has 0 aliphatic carbocycles. The number of nitrogens with zero attached hydrogens (tertiary/aromatic N) is 1. The molecule has 0 bridgehead atoms. The topological polar surface area (TPSA) is 73.1 Å². The van der Waals surface area contributed by atoms with E-state index in [1.54, 1.807) is 13.0 Å². The number of rotatable bonds is 2. The Labute approximate surface area is 53.1 Å². The Kier molecular flexibility index (Phi) is 3.21. The van der Waals surface area contributed by atoms with Crippen LogP contribution in [0.4, 0.5) is 4.79 Å².